The average Bonchev–Trinajstić information content (AvgIpc) is 2.39. The van der Waals surface area contributed by atoms with Gasteiger partial charge in [-0.2, -0.15) is 0 Å². The number of sulfonamides is 1. The van der Waals surface area contributed by atoms with Crippen molar-refractivity contribution in [2.75, 3.05) is 10.5 Å². The Morgan fingerprint density at radius 3 is 2.30 bits per heavy atom. The van der Waals surface area contributed by atoms with E-state index in [1.807, 2.05) is 0 Å². The third-order valence-corrected chi connectivity index (χ3v) is 4.02. The number of nitrogen functional groups attached to an aromatic ring is 1. The number of hydrogen-bond acceptors (Lipinski definition) is 5. The van der Waals surface area contributed by atoms with Gasteiger partial charge in [0.25, 0.3) is 10.0 Å². The molecule has 5 N–H and O–H groups in total. The molecule has 104 valence electrons. The summed E-state index contributed by atoms with van der Waals surface area (Å²) in [4.78, 5) is 0.0710. The van der Waals surface area contributed by atoms with Crippen molar-refractivity contribution in [1.29, 1.82) is 0 Å². The summed E-state index contributed by atoms with van der Waals surface area (Å²) < 4.78 is 26.6. The molecule has 2 aromatic rings. The second kappa shape index (κ2) is 5.54. The van der Waals surface area contributed by atoms with E-state index in [0.29, 0.717) is 5.69 Å². The molecule has 0 spiro atoms. The van der Waals surface area contributed by atoms with Crippen molar-refractivity contribution in [3.8, 4) is 0 Å². The van der Waals surface area contributed by atoms with Crippen molar-refractivity contribution >= 4 is 34.0 Å². The molecule has 20 heavy (non-hydrogen) atoms. The molecule has 6 nitrogen and oxygen atoms in total. The summed E-state index contributed by atoms with van der Waals surface area (Å²) in [5.74, 6) is 0. The second-order valence-corrected chi connectivity index (χ2v) is 5.86. The van der Waals surface area contributed by atoms with Crippen LogP contribution < -0.4 is 15.9 Å². The van der Waals surface area contributed by atoms with E-state index in [-0.39, 0.29) is 16.0 Å². The van der Waals surface area contributed by atoms with E-state index in [9.17, 15) is 8.42 Å². The molecule has 0 aliphatic carbocycles. The Morgan fingerprint density at radius 1 is 1.05 bits per heavy atom. The topological polar surface area (TPSA) is 113 Å². The van der Waals surface area contributed by atoms with Crippen molar-refractivity contribution in [2.45, 2.75) is 4.90 Å². The Morgan fingerprint density at radius 2 is 1.70 bits per heavy atom. The molecule has 0 aromatic heterocycles. The van der Waals surface area contributed by atoms with Gasteiger partial charge in [0.2, 0.25) is 0 Å². The quantitative estimate of drug-likeness (QED) is 0.458. The lowest BCUT2D eigenvalue weighted by molar-refractivity contribution is 0.426. The first-order valence-corrected chi connectivity index (χ1v) is 7.21. The summed E-state index contributed by atoms with van der Waals surface area (Å²) in [5, 5.41) is 18.1. The van der Waals surface area contributed by atoms with Crippen LogP contribution in [0.3, 0.4) is 0 Å². The van der Waals surface area contributed by atoms with Gasteiger partial charge < -0.3 is 15.8 Å². The maximum Gasteiger partial charge on any atom is 0.488 e. The number of benzene rings is 2. The van der Waals surface area contributed by atoms with Crippen LogP contribution in [0.2, 0.25) is 0 Å². The molecule has 2 aromatic carbocycles. The van der Waals surface area contributed by atoms with Crippen LogP contribution in [0.25, 0.3) is 0 Å². The van der Waals surface area contributed by atoms with Crippen LogP contribution in [-0.2, 0) is 10.0 Å². The first-order chi connectivity index (χ1) is 9.38. The predicted octanol–water partition coefficient (Wildman–Crippen LogP) is -0.251. The summed E-state index contributed by atoms with van der Waals surface area (Å²) in [7, 11) is -5.40. The van der Waals surface area contributed by atoms with Crippen molar-refractivity contribution in [1.82, 2.24) is 0 Å². The Bertz CT molecular complexity index is 702. The fourth-order valence-electron chi connectivity index (χ4n) is 1.62. The number of nitrogens with one attached hydrogen (secondary N) is 1. The molecule has 0 bridgehead atoms. The Labute approximate surface area is 117 Å². The van der Waals surface area contributed by atoms with E-state index < -0.39 is 17.1 Å². The van der Waals surface area contributed by atoms with E-state index in [2.05, 4.69) is 4.72 Å². The van der Waals surface area contributed by atoms with Crippen LogP contribution in [0.5, 0.6) is 0 Å². The molecule has 0 saturated heterocycles. The summed E-state index contributed by atoms with van der Waals surface area (Å²) >= 11 is 0. The fraction of sp³-hybridized carbons (Fsp3) is 0. The van der Waals surface area contributed by atoms with Gasteiger partial charge in [-0.05, 0) is 41.9 Å². The molecule has 0 aliphatic heterocycles. The molecule has 0 atom stereocenters. The van der Waals surface area contributed by atoms with Gasteiger partial charge in [-0.3, -0.25) is 4.72 Å². The van der Waals surface area contributed by atoms with Gasteiger partial charge >= 0.3 is 7.12 Å². The van der Waals surface area contributed by atoms with Gasteiger partial charge in [0, 0.05) is 11.4 Å². The number of nitrogens with two attached hydrogens (primary N) is 1. The molecular formula is C12H13BN2O4S. The molecule has 0 radical (unpaired) electrons. The van der Waals surface area contributed by atoms with E-state index in [4.69, 9.17) is 15.8 Å². The van der Waals surface area contributed by atoms with Gasteiger partial charge in [-0.1, -0.05) is 12.1 Å². The average molecular weight is 292 g/mol. The SMILES string of the molecule is Nc1ccc(S(=O)(=O)Nc2cccc(B(O)O)c2)cc1. The van der Waals surface area contributed by atoms with E-state index >= 15 is 0 Å². The van der Waals surface area contributed by atoms with Crippen LogP contribution in [0.1, 0.15) is 0 Å². The van der Waals surface area contributed by atoms with E-state index in [1.165, 1.54) is 48.5 Å². The lowest BCUT2D eigenvalue weighted by Gasteiger charge is -2.09. The second-order valence-electron chi connectivity index (χ2n) is 4.17. The summed E-state index contributed by atoms with van der Waals surface area (Å²) in [5.41, 5.74) is 6.41. The van der Waals surface area contributed by atoms with Gasteiger partial charge in [-0.15, -0.1) is 0 Å². The largest absolute Gasteiger partial charge is 0.488 e. The third-order valence-electron chi connectivity index (χ3n) is 2.63. The lowest BCUT2D eigenvalue weighted by Crippen LogP contribution is -2.30. The maximum absolute atomic E-state index is 12.1. The van der Waals surface area contributed by atoms with Crippen LogP contribution >= 0.6 is 0 Å². The highest BCUT2D eigenvalue weighted by molar-refractivity contribution is 7.92. The van der Waals surface area contributed by atoms with Gasteiger partial charge in [0.05, 0.1) is 4.90 Å². The summed E-state index contributed by atoms with van der Waals surface area (Å²) in [6, 6.07) is 11.6. The fourth-order valence-corrected chi connectivity index (χ4v) is 2.67. The summed E-state index contributed by atoms with van der Waals surface area (Å²) in [6.07, 6.45) is 0. The molecule has 0 heterocycles. The van der Waals surface area contributed by atoms with Crippen molar-refractivity contribution in [3.63, 3.8) is 0 Å². The van der Waals surface area contributed by atoms with Crippen LogP contribution in [0.4, 0.5) is 11.4 Å². The highest BCUT2D eigenvalue weighted by Crippen LogP contribution is 2.16. The molecule has 0 saturated carbocycles. The molecule has 0 fully saturated rings. The number of anilines is 2. The smallest absolute Gasteiger partial charge is 0.423 e. The highest BCUT2D eigenvalue weighted by atomic mass is 32.2. The van der Waals surface area contributed by atoms with E-state index in [0.717, 1.165) is 0 Å². The van der Waals surface area contributed by atoms with Crippen molar-refractivity contribution < 1.29 is 18.5 Å². The molecule has 0 aliphatic rings. The van der Waals surface area contributed by atoms with Crippen LogP contribution in [-0.4, -0.2) is 25.6 Å². The van der Waals surface area contributed by atoms with Gasteiger partial charge in [-0.25, -0.2) is 8.42 Å². The molecule has 0 amide bonds. The lowest BCUT2D eigenvalue weighted by atomic mass is 9.80. The van der Waals surface area contributed by atoms with Crippen LogP contribution in [0.15, 0.2) is 53.4 Å². The molecule has 2 rings (SSSR count). The normalized spacial score (nSPS) is 11.1. The zero-order valence-corrected chi connectivity index (χ0v) is 11.2. The standard InChI is InChI=1S/C12H13BN2O4S/c14-10-4-6-12(7-5-10)20(18,19)15-11-3-1-2-9(8-11)13(16)17/h1-8,15-17H,14H2. The zero-order valence-electron chi connectivity index (χ0n) is 10.4. The third kappa shape index (κ3) is 3.29. The molecule has 0 unspecified atom stereocenters. The number of rotatable bonds is 4. The minimum Gasteiger partial charge on any atom is -0.423 e. The van der Waals surface area contributed by atoms with Crippen LogP contribution in [0, 0.1) is 0 Å². The predicted molar refractivity (Wildman–Crippen MR) is 77.9 cm³/mol. The Balaban J connectivity index is 2.28. The van der Waals surface area contributed by atoms with Crippen molar-refractivity contribution in [2.24, 2.45) is 0 Å². The highest BCUT2D eigenvalue weighted by Gasteiger charge is 2.16. The van der Waals surface area contributed by atoms with Gasteiger partial charge in [0.15, 0.2) is 0 Å². The minimum atomic E-state index is -3.74. The summed E-state index contributed by atoms with van der Waals surface area (Å²) in [6.45, 7) is 0. The molecular weight excluding hydrogens is 279 g/mol. The maximum atomic E-state index is 12.1. The zero-order chi connectivity index (χ0) is 14.8. The first-order valence-electron chi connectivity index (χ1n) is 5.73. The monoisotopic (exact) mass is 292 g/mol. The first kappa shape index (κ1) is 14.4. The number of hydrogen-bond donors (Lipinski definition) is 4. The Hall–Kier alpha value is -2.03. The minimum absolute atomic E-state index is 0.0710. The van der Waals surface area contributed by atoms with Crippen molar-refractivity contribution in [3.05, 3.63) is 48.5 Å². The van der Waals surface area contributed by atoms with E-state index in [1.54, 1.807) is 0 Å². The molecule has 8 heteroatoms. The van der Waals surface area contributed by atoms with Gasteiger partial charge in [0.1, 0.15) is 0 Å². The Kier molecular flexibility index (Phi) is 3.98.